The van der Waals surface area contributed by atoms with Crippen molar-refractivity contribution in [2.75, 3.05) is 12.0 Å². The first-order chi connectivity index (χ1) is 11.4. The third-order valence-corrected chi connectivity index (χ3v) is 3.80. The van der Waals surface area contributed by atoms with Crippen molar-refractivity contribution in [1.29, 1.82) is 5.41 Å². The molecule has 0 aromatic heterocycles. The highest BCUT2D eigenvalue weighted by molar-refractivity contribution is 6.50. The summed E-state index contributed by atoms with van der Waals surface area (Å²) in [6.07, 6.45) is 9.38. The maximum atomic E-state index is 7.90. The second-order valence-electron chi connectivity index (χ2n) is 6.90. The van der Waals surface area contributed by atoms with E-state index in [1.807, 2.05) is 24.3 Å². The van der Waals surface area contributed by atoms with E-state index in [1.54, 1.807) is 6.08 Å². The number of nitrogens with zero attached hydrogens (tertiary/aromatic N) is 1. The molecule has 1 aromatic rings. The topological polar surface area (TPSA) is 57.5 Å². The summed E-state index contributed by atoms with van der Waals surface area (Å²) in [5.74, 6) is 0.794. The Balaban J connectivity index is 2.26. The van der Waals surface area contributed by atoms with Gasteiger partial charge in [-0.15, -0.1) is 0 Å². The van der Waals surface area contributed by atoms with E-state index in [0.29, 0.717) is 18.0 Å². The van der Waals surface area contributed by atoms with Crippen LogP contribution in [0.2, 0.25) is 0 Å². The molecule has 1 aliphatic rings. The van der Waals surface area contributed by atoms with Crippen LogP contribution in [-0.2, 0) is 5.41 Å². The van der Waals surface area contributed by atoms with Crippen LogP contribution < -0.4 is 10.2 Å². The van der Waals surface area contributed by atoms with E-state index in [0.717, 1.165) is 24.3 Å². The van der Waals surface area contributed by atoms with E-state index in [9.17, 15) is 0 Å². The highest BCUT2D eigenvalue weighted by Gasteiger charge is 2.16. The maximum Gasteiger partial charge on any atom is 0.144 e. The van der Waals surface area contributed by atoms with Gasteiger partial charge in [0, 0.05) is 0 Å². The van der Waals surface area contributed by atoms with Crippen LogP contribution in [0.25, 0.3) is 0 Å². The molecule has 0 atom stereocenters. The van der Waals surface area contributed by atoms with Gasteiger partial charge in [-0.1, -0.05) is 52.3 Å². The lowest BCUT2D eigenvalue weighted by Crippen LogP contribution is -2.14. The molecule has 0 saturated heterocycles. The summed E-state index contributed by atoms with van der Waals surface area (Å²) >= 11 is 0. The highest BCUT2D eigenvalue weighted by atomic mass is 16.5. The van der Waals surface area contributed by atoms with E-state index in [2.05, 4.69) is 50.4 Å². The average Bonchev–Trinajstić information content (AvgIpc) is 2.54. The summed E-state index contributed by atoms with van der Waals surface area (Å²) in [6.45, 7) is 9.38. The minimum Gasteiger partial charge on any atom is -0.491 e. The van der Waals surface area contributed by atoms with Crippen molar-refractivity contribution in [3.05, 3.63) is 48.1 Å². The van der Waals surface area contributed by atoms with Gasteiger partial charge < -0.3 is 4.74 Å². The zero-order valence-electron chi connectivity index (χ0n) is 15.0. The molecular formula is C20H27N3O. The number of ether oxygens (including phenoxy) is 1. The van der Waals surface area contributed by atoms with E-state index >= 15 is 0 Å². The molecule has 0 aliphatic heterocycles. The summed E-state index contributed by atoms with van der Waals surface area (Å²) in [7, 11) is 0. The van der Waals surface area contributed by atoms with Crippen LogP contribution in [0.1, 0.15) is 46.1 Å². The summed E-state index contributed by atoms with van der Waals surface area (Å²) < 4.78 is 5.89. The monoisotopic (exact) mass is 325 g/mol. The molecular weight excluding hydrogens is 298 g/mol. The number of rotatable bonds is 6. The lowest BCUT2D eigenvalue weighted by molar-refractivity contribution is 0.310. The number of anilines is 1. The first-order valence-electron chi connectivity index (χ1n) is 8.46. The van der Waals surface area contributed by atoms with Crippen LogP contribution >= 0.6 is 0 Å². The SMILES string of the molecule is CCCCOc1ccc(C(C)(C)C)cc1N/N=C1/C=CC=CC1=N. The Hall–Kier alpha value is -2.36. The number of hydrazone groups is 1. The molecule has 1 aliphatic carbocycles. The molecule has 0 amide bonds. The standard InChI is InChI=1S/C20H27N3O/c1-5-6-13-24-19-12-11-15(20(2,3)4)14-18(19)23-22-17-10-8-7-9-16(17)21/h7-12,14,21,23H,5-6,13H2,1-4H3/b21-16?,22-17-. The van der Waals surface area contributed by atoms with Gasteiger partial charge in [-0.05, 0) is 41.7 Å². The molecule has 0 bridgehead atoms. The Bertz CT molecular complexity index is 679. The molecule has 24 heavy (non-hydrogen) atoms. The van der Waals surface area contributed by atoms with Crippen molar-refractivity contribution in [3.8, 4) is 5.75 Å². The normalized spacial score (nSPS) is 15.8. The van der Waals surface area contributed by atoms with Crippen molar-refractivity contribution in [2.45, 2.75) is 46.0 Å². The third-order valence-electron chi connectivity index (χ3n) is 3.80. The fourth-order valence-corrected chi connectivity index (χ4v) is 2.23. The number of unbranched alkanes of at least 4 members (excludes halogenated alkanes) is 1. The van der Waals surface area contributed by atoms with E-state index in [-0.39, 0.29) is 5.41 Å². The van der Waals surface area contributed by atoms with Gasteiger partial charge >= 0.3 is 0 Å². The zero-order chi connectivity index (χ0) is 17.6. The van der Waals surface area contributed by atoms with E-state index < -0.39 is 0 Å². The van der Waals surface area contributed by atoms with Gasteiger partial charge in [-0.3, -0.25) is 10.8 Å². The minimum atomic E-state index is 0.0473. The van der Waals surface area contributed by atoms with Crippen molar-refractivity contribution in [1.82, 2.24) is 0 Å². The lowest BCUT2D eigenvalue weighted by atomic mass is 9.87. The Morgan fingerprint density at radius 2 is 1.92 bits per heavy atom. The Morgan fingerprint density at radius 3 is 2.58 bits per heavy atom. The number of hydrogen-bond donors (Lipinski definition) is 2. The van der Waals surface area contributed by atoms with Crippen LogP contribution in [0.5, 0.6) is 5.75 Å². The fourth-order valence-electron chi connectivity index (χ4n) is 2.23. The van der Waals surface area contributed by atoms with Crippen molar-refractivity contribution < 1.29 is 4.74 Å². The molecule has 4 heteroatoms. The first kappa shape index (κ1) is 18.0. The Morgan fingerprint density at radius 1 is 1.17 bits per heavy atom. The molecule has 1 aromatic carbocycles. The molecule has 2 rings (SSSR count). The van der Waals surface area contributed by atoms with Crippen LogP contribution in [0.3, 0.4) is 0 Å². The number of hydrogen-bond acceptors (Lipinski definition) is 4. The lowest BCUT2D eigenvalue weighted by Gasteiger charge is -2.21. The van der Waals surface area contributed by atoms with Crippen molar-refractivity contribution in [2.24, 2.45) is 5.10 Å². The quantitative estimate of drug-likeness (QED) is 0.435. The van der Waals surface area contributed by atoms with Crippen molar-refractivity contribution >= 4 is 17.1 Å². The van der Waals surface area contributed by atoms with Gasteiger partial charge in [0.25, 0.3) is 0 Å². The molecule has 128 valence electrons. The smallest absolute Gasteiger partial charge is 0.144 e. The zero-order valence-corrected chi connectivity index (χ0v) is 15.0. The number of allylic oxidation sites excluding steroid dienone is 4. The van der Waals surface area contributed by atoms with Crippen molar-refractivity contribution in [3.63, 3.8) is 0 Å². The number of nitrogens with one attached hydrogen (secondary N) is 2. The van der Waals surface area contributed by atoms with Crippen LogP contribution in [0, 0.1) is 5.41 Å². The largest absolute Gasteiger partial charge is 0.491 e. The summed E-state index contributed by atoms with van der Waals surface area (Å²) in [4.78, 5) is 0. The van der Waals surface area contributed by atoms with Gasteiger partial charge in [0.15, 0.2) is 0 Å². The average molecular weight is 325 g/mol. The predicted octanol–water partition coefficient (Wildman–Crippen LogP) is 5.08. The molecule has 2 N–H and O–H groups in total. The van der Waals surface area contributed by atoms with E-state index in [4.69, 9.17) is 10.1 Å². The second-order valence-corrected chi connectivity index (χ2v) is 6.90. The molecule has 0 heterocycles. The van der Waals surface area contributed by atoms with Gasteiger partial charge in [-0.25, -0.2) is 0 Å². The minimum absolute atomic E-state index is 0.0473. The molecule has 0 saturated carbocycles. The third kappa shape index (κ3) is 4.82. The van der Waals surface area contributed by atoms with Crippen LogP contribution in [0.4, 0.5) is 5.69 Å². The van der Waals surface area contributed by atoms with Gasteiger partial charge in [0.2, 0.25) is 0 Å². The Labute approximate surface area is 144 Å². The van der Waals surface area contributed by atoms with Crippen LogP contribution in [-0.4, -0.2) is 18.0 Å². The molecule has 0 fully saturated rings. The van der Waals surface area contributed by atoms with Gasteiger partial charge in [-0.2, -0.15) is 5.10 Å². The summed E-state index contributed by atoms with van der Waals surface area (Å²) in [5.41, 5.74) is 6.19. The molecule has 0 radical (unpaired) electrons. The highest BCUT2D eigenvalue weighted by Crippen LogP contribution is 2.32. The second kappa shape index (κ2) is 7.95. The van der Waals surface area contributed by atoms with E-state index in [1.165, 1.54) is 5.56 Å². The Kier molecular flexibility index (Phi) is 5.96. The summed E-state index contributed by atoms with van der Waals surface area (Å²) in [5, 5.41) is 12.3. The predicted molar refractivity (Wildman–Crippen MR) is 103 cm³/mol. The molecule has 4 nitrogen and oxygen atoms in total. The number of benzene rings is 1. The molecule has 0 unspecified atom stereocenters. The summed E-state index contributed by atoms with van der Waals surface area (Å²) in [6, 6.07) is 6.18. The maximum absolute atomic E-state index is 7.90. The fraction of sp³-hybridized carbons (Fsp3) is 0.400. The van der Waals surface area contributed by atoms with Gasteiger partial charge in [0.1, 0.15) is 11.5 Å². The van der Waals surface area contributed by atoms with Gasteiger partial charge in [0.05, 0.1) is 18.0 Å². The molecule has 0 spiro atoms. The first-order valence-corrected chi connectivity index (χ1v) is 8.46. The van der Waals surface area contributed by atoms with Crippen LogP contribution in [0.15, 0.2) is 47.6 Å².